The van der Waals surface area contributed by atoms with Crippen molar-refractivity contribution in [2.45, 2.75) is 12.1 Å². The molecule has 0 unspecified atom stereocenters. The van der Waals surface area contributed by atoms with Crippen molar-refractivity contribution in [3.8, 4) is 0 Å². The second kappa shape index (κ2) is 3.25. The molecule has 1 aromatic rings. The van der Waals surface area contributed by atoms with Gasteiger partial charge in [-0.2, -0.15) is 0 Å². The maximum absolute atomic E-state index is 5.34. The standard InChI is InChI=1S/C8H13N3O/c1-12-8-5-10-4-7(8)11-3-2-9-6-11/h2-3,6-8,10H,4-5H2,1H3/t7-,8+/m0/s1. The summed E-state index contributed by atoms with van der Waals surface area (Å²) in [6.45, 7) is 1.90. The third kappa shape index (κ3) is 1.23. The summed E-state index contributed by atoms with van der Waals surface area (Å²) in [5.74, 6) is 0. The molecule has 0 aliphatic carbocycles. The van der Waals surface area contributed by atoms with Gasteiger partial charge in [0, 0.05) is 32.6 Å². The average molecular weight is 167 g/mol. The van der Waals surface area contributed by atoms with E-state index in [9.17, 15) is 0 Å². The lowest BCUT2D eigenvalue weighted by molar-refractivity contribution is 0.0866. The molecule has 66 valence electrons. The van der Waals surface area contributed by atoms with Gasteiger partial charge in [-0.1, -0.05) is 0 Å². The van der Waals surface area contributed by atoms with Gasteiger partial charge < -0.3 is 14.6 Å². The van der Waals surface area contributed by atoms with Crippen LogP contribution in [0.2, 0.25) is 0 Å². The SMILES string of the molecule is CO[C@@H]1CNC[C@@H]1n1ccnc1. The van der Waals surface area contributed by atoms with E-state index < -0.39 is 0 Å². The van der Waals surface area contributed by atoms with Gasteiger partial charge in [-0.05, 0) is 0 Å². The van der Waals surface area contributed by atoms with Gasteiger partial charge in [0.15, 0.2) is 0 Å². The highest BCUT2D eigenvalue weighted by atomic mass is 16.5. The Bertz CT molecular complexity index is 234. The Morgan fingerprint density at radius 1 is 1.58 bits per heavy atom. The Balaban J connectivity index is 2.13. The minimum Gasteiger partial charge on any atom is -0.378 e. The topological polar surface area (TPSA) is 39.1 Å². The number of methoxy groups -OCH3 is 1. The summed E-state index contributed by atoms with van der Waals surface area (Å²) in [6.07, 6.45) is 5.89. The zero-order valence-electron chi connectivity index (χ0n) is 7.10. The predicted octanol–water partition coefficient (Wildman–Crippen LogP) is 0.0424. The van der Waals surface area contributed by atoms with Crippen LogP contribution in [0.4, 0.5) is 0 Å². The summed E-state index contributed by atoms with van der Waals surface area (Å²) in [7, 11) is 1.75. The van der Waals surface area contributed by atoms with Gasteiger partial charge in [-0.25, -0.2) is 4.98 Å². The Labute approximate surface area is 71.6 Å². The molecule has 2 rings (SSSR count). The molecule has 1 aromatic heterocycles. The number of hydrogen-bond donors (Lipinski definition) is 1. The van der Waals surface area contributed by atoms with Crippen LogP contribution in [0.25, 0.3) is 0 Å². The van der Waals surface area contributed by atoms with Gasteiger partial charge in [0.25, 0.3) is 0 Å². The predicted molar refractivity (Wildman–Crippen MR) is 44.9 cm³/mol. The van der Waals surface area contributed by atoms with Crippen molar-refractivity contribution in [1.82, 2.24) is 14.9 Å². The zero-order valence-corrected chi connectivity index (χ0v) is 7.10. The fourth-order valence-corrected chi connectivity index (χ4v) is 1.64. The molecule has 1 fully saturated rings. The van der Waals surface area contributed by atoms with Gasteiger partial charge >= 0.3 is 0 Å². The van der Waals surface area contributed by atoms with E-state index in [1.54, 1.807) is 13.3 Å². The summed E-state index contributed by atoms with van der Waals surface area (Å²) in [5.41, 5.74) is 0. The van der Waals surface area contributed by atoms with E-state index in [4.69, 9.17) is 4.74 Å². The van der Waals surface area contributed by atoms with Crippen LogP contribution in [-0.4, -0.2) is 35.9 Å². The molecular weight excluding hydrogens is 154 g/mol. The van der Waals surface area contributed by atoms with E-state index in [2.05, 4.69) is 14.9 Å². The Morgan fingerprint density at radius 3 is 3.17 bits per heavy atom. The number of hydrogen-bond acceptors (Lipinski definition) is 3. The monoisotopic (exact) mass is 167 g/mol. The van der Waals surface area contributed by atoms with E-state index in [-0.39, 0.29) is 6.10 Å². The maximum Gasteiger partial charge on any atom is 0.0949 e. The average Bonchev–Trinajstić information content (AvgIpc) is 2.74. The number of nitrogens with one attached hydrogen (secondary N) is 1. The van der Waals surface area contributed by atoms with Gasteiger partial charge in [0.2, 0.25) is 0 Å². The van der Waals surface area contributed by atoms with Crippen molar-refractivity contribution in [1.29, 1.82) is 0 Å². The van der Waals surface area contributed by atoms with Gasteiger partial charge in [0.1, 0.15) is 0 Å². The first-order chi connectivity index (χ1) is 5.92. The molecule has 2 heterocycles. The Hall–Kier alpha value is -0.870. The van der Waals surface area contributed by atoms with E-state index in [0.29, 0.717) is 6.04 Å². The third-order valence-corrected chi connectivity index (χ3v) is 2.34. The lowest BCUT2D eigenvalue weighted by Gasteiger charge is -2.17. The fraction of sp³-hybridized carbons (Fsp3) is 0.625. The van der Waals surface area contributed by atoms with Crippen LogP contribution < -0.4 is 5.32 Å². The molecule has 4 heteroatoms. The molecule has 0 saturated carbocycles. The largest absolute Gasteiger partial charge is 0.378 e. The van der Waals surface area contributed by atoms with Crippen LogP contribution in [0.5, 0.6) is 0 Å². The van der Waals surface area contributed by atoms with E-state index in [1.165, 1.54) is 0 Å². The molecule has 1 aliphatic rings. The van der Waals surface area contributed by atoms with Crippen molar-refractivity contribution in [2.75, 3.05) is 20.2 Å². The van der Waals surface area contributed by atoms with Crippen LogP contribution in [0.3, 0.4) is 0 Å². The molecule has 0 amide bonds. The Kier molecular flexibility index (Phi) is 2.10. The number of rotatable bonds is 2. The lowest BCUT2D eigenvalue weighted by Crippen LogP contribution is -2.23. The molecule has 1 saturated heterocycles. The smallest absolute Gasteiger partial charge is 0.0949 e. The minimum absolute atomic E-state index is 0.277. The summed E-state index contributed by atoms with van der Waals surface area (Å²) in [5, 5.41) is 3.29. The summed E-state index contributed by atoms with van der Waals surface area (Å²) >= 11 is 0. The van der Waals surface area contributed by atoms with E-state index >= 15 is 0 Å². The second-order valence-electron chi connectivity index (χ2n) is 3.01. The zero-order chi connectivity index (χ0) is 8.39. The molecule has 1 aliphatic heterocycles. The van der Waals surface area contributed by atoms with Crippen LogP contribution >= 0.6 is 0 Å². The van der Waals surface area contributed by atoms with Crippen LogP contribution in [0.1, 0.15) is 6.04 Å². The molecule has 2 atom stereocenters. The minimum atomic E-state index is 0.277. The highest BCUT2D eigenvalue weighted by Gasteiger charge is 2.27. The summed E-state index contributed by atoms with van der Waals surface area (Å²) < 4.78 is 7.43. The van der Waals surface area contributed by atoms with E-state index in [0.717, 1.165) is 13.1 Å². The molecule has 0 bridgehead atoms. The maximum atomic E-state index is 5.34. The van der Waals surface area contributed by atoms with Crippen LogP contribution in [0.15, 0.2) is 18.7 Å². The third-order valence-electron chi connectivity index (χ3n) is 2.34. The fourth-order valence-electron chi connectivity index (χ4n) is 1.64. The van der Waals surface area contributed by atoms with Crippen molar-refractivity contribution in [3.63, 3.8) is 0 Å². The molecule has 1 N–H and O–H groups in total. The first-order valence-electron chi connectivity index (χ1n) is 4.13. The normalized spacial score (nSPS) is 29.4. The van der Waals surface area contributed by atoms with Crippen molar-refractivity contribution < 1.29 is 4.74 Å². The van der Waals surface area contributed by atoms with Gasteiger partial charge in [0.05, 0.1) is 18.5 Å². The lowest BCUT2D eigenvalue weighted by atomic mass is 10.2. The van der Waals surface area contributed by atoms with Gasteiger partial charge in [-0.15, -0.1) is 0 Å². The van der Waals surface area contributed by atoms with Crippen molar-refractivity contribution >= 4 is 0 Å². The quantitative estimate of drug-likeness (QED) is 0.676. The first-order valence-corrected chi connectivity index (χ1v) is 4.13. The highest BCUT2D eigenvalue weighted by molar-refractivity contribution is 4.91. The van der Waals surface area contributed by atoms with E-state index in [1.807, 2.05) is 12.5 Å². The van der Waals surface area contributed by atoms with Crippen molar-refractivity contribution in [3.05, 3.63) is 18.7 Å². The molecule has 0 radical (unpaired) electrons. The van der Waals surface area contributed by atoms with Crippen LogP contribution in [-0.2, 0) is 4.74 Å². The molecular formula is C8H13N3O. The number of nitrogens with zero attached hydrogens (tertiary/aromatic N) is 2. The Morgan fingerprint density at radius 2 is 2.50 bits per heavy atom. The highest BCUT2D eigenvalue weighted by Crippen LogP contribution is 2.17. The van der Waals surface area contributed by atoms with Crippen LogP contribution in [0, 0.1) is 0 Å². The summed E-state index contributed by atoms with van der Waals surface area (Å²) in [6, 6.07) is 0.400. The first kappa shape index (κ1) is 7.76. The summed E-state index contributed by atoms with van der Waals surface area (Å²) in [4.78, 5) is 4.02. The molecule has 12 heavy (non-hydrogen) atoms. The second-order valence-corrected chi connectivity index (χ2v) is 3.01. The number of ether oxygens (including phenoxy) is 1. The number of imidazole rings is 1. The number of aromatic nitrogens is 2. The van der Waals surface area contributed by atoms with Crippen molar-refractivity contribution in [2.24, 2.45) is 0 Å². The molecule has 4 nitrogen and oxygen atoms in total. The molecule has 0 spiro atoms. The molecule has 0 aromatic carbocycles. The van der Waals surface area contributed by atoms with Gasteiger partial charge in [-0.3, -0.25) is 0 Å².